The Morgan fingerprint density at radius 2 is 1.97 bits per heavy atom. The standard InChI is InChI=1S/C21H20FN3O5/c1-24(19(20(23)27)12-3-2-4-14(22)7-12)21(28)13-8-18(26)25(10-13)15-5-6-16-17(9-15)30-11-29-16/h2-7,9,13,19H,8,10-11H2,1H3,(H2,23,27). The highest BCUT2D eigenvalue weighted by atomic mass is 19.1. The molecule has 30 heavy (non-hydrogen) atoms. The number of hydrogen-bond donors (Lipinski definition) is 1. The van der Waals surface area contributed by atoms with Gasteiger partial charge in [0.2, 0.25) is 24.5 Å². The summed E-state index contributed by atoms with van der Waals surface area (Å²) in [6.45, 7) is 0.267. The highest BCUT2D eigenvalue weighted by molar-refractivity contribution is 6.01. The summed E-state index contributed by atoms with van der Waals surface area (Å²) in [5.41, 5.74) is 6.37. The molecule has 1 fully saturated rings. The van der Waals surface area contributed by atoms with E-state index in [0.29, 0.717) is 17.2 Å². The second-order valence-corrected chi connectivity index (χ2v) is 7.25. The van der Waals surface area contributed by atoms with Crippen molar-refractivity contribution in [1.82, 2.24) is 4.90 Å². The van der Waals surface area contributed by atoms with Crippen molar-refractivity contribution in [2.75, 3.05) is 25.3 Å². The molecule has 0 aliphatic carbocycles. The molecule has 4 rings (SSSR count). The third-order valence-electron chi connectivity index (χ3n) is 5.31. The van der Waals surface area contributed by atoms with Gasteiger partial charge in [0.15, 0.2) is 11.5 Å². The smallest absolute Gasteiger partial charge is 0.244 e. The molecule has 2 aromatic rings. The molecule has 1 saturated heterocycles. The van der Waals surface area contributed by atoms with Crippen molar-refractivity contribution < 1.29 is 28.2 Å². The Labute approximate surface area is 171 Å². The molecule has 0 aromatic heterocycles. The highest BCUT2D eigenvalue weighted by Crippen LogP contribution is 2.37. The van der Waals surface area contributed by atoms with E-state index in [-0.39, 0.29) is 31.2 Å². The minimum atomic E-state index is -1.14. The molecule has 2 heterocycles. The zero-order chi connectivity index (χ0) is 21.4. The quantitative estimate of drug-likeness (QED) is 0.802. The average Bonchev–Trinajstić information content (AvgIpc) is 3.33. The van der Waals surface area contributed by atoms with Gasteiger partial charge in [-0.1, -0.05) is 12.1 Å². The van der Waals surface area contributed by atoms with Gasteiger partial charge in [-0.15, -0.1) is 0 Å². The van der Waals surface area contributed by atoms with Crippen molar-refractivity contribution in [3.8, 4) is 11.5 Å². The van der Waals surface area contributed by atoms with Gasteiger partial charge < -0.3 is 25.0 Å². The third kappa shape index (κ3) is 3.54. The van der Waals surface area contributed by atoms with Crippen LogP contribution in [0.3, 0.4) is 0 Å². The Balaban J connectivity index is 1.53. The number of halogens is 1. The predicted octanol–water partition coefficient (Wildman–Crippen LogP) is 1.59. The monoisotopic (exact) mass is 413 g/mol. The van der Waals surface area contributed by atoms with Gasteiger partial charge in [0.25, 0.3) is 0 Å². The normalized spacial score (nSPS) is 18.4. The van der Waals surface area contributed by atoms with Crippen LogP contribution in [0.25, 0.3) is 0 Å². The van der Waals surface area contributed by atoms with Gasteiger partial charge in [-0.25, -0.2) is 4.39 Å². The molecule has 0 radical (unpaired) electrons. The van der Waals surface area contributed by atoms with E-state index in [1.54, 1.807) is 18.2 Å². The number of rotatable bonds is 5. The van der Waals surface area contributed by atoms with Crippen molar-refractivity contribution in [3.05, 3.63) is 53.8 Å². The van der Waals surface area contributed by atoms with E-state index < -0.39 is 29.6 Å². The van der Waals surface area contributed by atoms with Crippen LogP contribution in [0, 0.1) is 11.7 Å². The number of carbonyl (C=O) groups excluding carboxylic acids is 3. The lowest BCUT2D eigenvalue weighted by Gasteiger charge is -2.28. The van der Waals surface area contributed by atoms with Gasteiger partial charge in [-0.3, -0.25) is 14.4 Å². The van der Waals surface area contributed by atoms with Crippen LogP contribution in [-0.2, 0) is 14.4 Å². The summed E-state index contributed by atoms with van der Waals surface area (Å²) < 4.78 is 24.2. The van der Waals surface area contributed by atoms with Crippen molar-refractivity contribution in [1.29, 1.82) is 0 Å². The molecule has 156 valence electrons. The number of ether oxygens (including phenoxy) is 2. The molecular weight excluding hydrogens is 393 g/mol. The first kappa shape index (κ1) is 19.7. The maximum absolute atomic E-state index is 13.6. The number of nitrogens with two attached hydrogens (primary N) is 1. The number of benzene rings is 2. The molecule has 0 spiro atoms. The Hall–Kier alpha value is -3.62. The maximum Gasteiger partial charge on any atom is 0.244 e. The minimum Gasteiger partial charge on any atom is -0.454 e. The summed E-state index contributed by atoms with van der Waals surface area (Å²) in [6, 6.07) is 9.36. The number of nitrogens with zero attached hydrogens (tertiary/aromatic N) is 2. The van der Waals surface area contributed by atoms with E-state index in [4.69, 9.17) is 15.2 Å². The summed E-state index contributed by atoms with van der Waals surface area (Å²) in [4.78, 5) is 40.3. The summed E-state index contributed by atoms with van der Waals surface area (Å²) in [6.07, 6.45) is -0.00769. The fourth-order valence-corrected chi connectivity index (χ4v) is 3.85. The molecule has 2 N–H and O–H groups in total. The topological polar surface area (TPSA) is 102 Å². The molecule has 2 unspecified atom stereocenters. The van der Waals surface area contributed by atoms with Crippen LogP contribution in [0.15, 0.2) is 42.5 Å². The second-order valence-electron chi connectivity index (χ2n) is 7.25. The number of hydrogen-bond acceptors (Lipinski definition) is 5. The SMILES string of the molecule is CN(C(=O)C1CC(=O)N(c2ccc3c(c2)OCO3)C1)C(C(N)=O)c1cccc(F)c1. The van der Waals surface area contributed by atoms with E-state index in [9.17, 15) is 18.8 Å². The largest absolute Gasteiger partial charge is 0.454 e. The number of primary amides is 1. The highest BCUT2D eigenvalue weighted by Gasteiger charge is 2.39. The van der Waals surface area contributed by atoms with Crippen molar-refractivity contribution in [3.63, 3.8) is 0 Å². The van der Waals surface area contributed by atoms with Crippen molar-refractivity contribution in [2.24, 2.45) is 11.7 Å². The molecule has 2 aromatic carbocycles. The molecule has 8 nitrogen and oxygen atoms in total. The number of fused-ring (bicyclic) bond motifs is 1. The number of likely N-dealkylation sites (N-methyl/N-ethyl adjacent to an activating group) is 1. The Morgan fingerprint density at radius 1 is 1.20 bits per heavy atom. The number of amides is 3. The first-order chi connectivity index (χ1) is 14.3. The molecular formula is C21H20FN3O5. The van der Waals surface area contributed by atoms with E-state index in [2.05, 4.69) is 0 Å². The van der Waals surface area contributed by atoms with E-state index >= 15 is 0 Å². The van der Waals surface area contributed by atoms with Gasteiger partial charge in [-0.05, 0) is 29.8 Å². The summed E-state index contributed by atoms with van der Waals surface area (Å²) in [7, 11) is 1.43. The van der Waals surface area contributed by atoms with Gasteiger partial charge in [0, 0.05) is 31.8 Å². The van der Waals surface area contributed by atoms with E-state index in [1.807, 2.05) is 0 Å². The molecule has 9 heteroatoms. The molecule has 2 aliphatic rings. The van der Waals surface area contributed by atoms with Crippen LogP contribution in [-0.4, -0.2) is 43.0 Å². The summed E-state index contributed by atoms with van der Waals surface area (Å²) in [5.74, 6) is -1.49. The van der Waals surface area contributed by atoms with Crippen LogP contribution in [0.2, 0.25) is 0 Å². The third-order valence-corrected chi connectivity index (χ3v) is 5.31. The number of anilines is 1. The van der Waals surface area contributed by atoms with Gasteiger partial charge in [-0.2, -0.15) is 0 Å². The minimum absolute atomic E-state index is 0.00769. The first-order valence-corrected chi connectivity index (χ1v) is 9.36. The maximum atomic E-state index is 13.6. The summed E-state index contributed by atoms with van der Waals surface area (Å²) in [5, 5.41) is 0. The van der Waals surface area contributed by atoms with Crippen LogP contribution < -0.4 is 20.1 Å². The van der Waals surface area contributed by atoms with Crippen LogP contribution in [0.1, 0.15) is 18.0 Å². The molecule has 2 aliphatic heterocycles. The van der Waals surface area contributed by atoms with E-state index in [0.717, 1.165) is 6.07 Å². The average molecular weight is 413 g/mol. The van der Waals surface area contributed by atoms with Crippen molar-refractivity contribution in [2.45, 2.75) is 12.5 Å². The molecule has 0 saturated carbocycles. The number of carbonyl (C=O) groups is 3. The fraction of sp³-hybridized carbons (Fsp3) is 0.286. The Kier molecular flexibility index (Phi) is 5.03. The van der Waals surface area contributed by atoms with Gasteiger partial charge in [0.1, 0.15) is 11.9 Å². The lowest BCUT2D eigenvalue weighted by Crippen LogP contribution is -2.42. The second kappa shape index (κ2) is 7.66. The molecule has 0 bridgehead atoms. The predicted molar refractivity (Wildman–Crippen MR) is 104 cm³/mol. The van der Waals surface area contributed by atoms with E-state index in [1.165, 1.54) is 35.0 Å². The lowest BCUT2D eigenvalue weighted by atomic mass is 10.0. The van der Waals surface area contributed by atoms with Crippen LogP contribution in [0.5, 0.6) is 11.5 Å². The van der Waals surface area contributed by atoms with Crippen LogP contribution >= 0.6 is 0 Å². The zero-order valence-corrected chi connectivity index (χ0v) is 16.2. The molecule has 3 amide bonds. The molecule has 2 atom stereocenters. The van der Waals surface area contributed by atoms with Crippen LogP contribution in [0.4, 0.5) is 10.1 Å². The Morgan fingerprint density at radius 3 is 2.70 bits per heavy atom. The van der Waals surface area contributed by atoms with Gasteiger partial charge in [0.05, 0.1) is 5.92 Å². The van der Waals surface area contributed by atoms with Crippen molar-refractivity contribution >= 4 is 23.4 Å². The summed E-state index contributed by atoms with van der Waals surface area (Å²) >= 11 is 0. The Bertz CT molecular complexity index is 1030. The fourth-order valence-electron chi connectivity index (χ4n) is 3.85. The van der Waals surface area contributed by atoms with Gasteiger partial charge >= 0.3 is 0 Å². The first-order valence-electron chi connectivity index (χ1n) is 9.36. The zero-order valence-electron chi connectivity index (χ0n) is 16.2. The lowest BCUT2D eigenvalue weighted by molar-refractivity contribution is -0.141.